The molecule has 1 aliphatic rings. The second kappa shape index (κ2) is 9.14. The zero-order valence-corrected chi connectivity index (χ0v) is 15.8. The van der Waals surface area contributed by atoms with Crippen LogP contribution in [0, 0.1) is 10.1 Å². The molecule has 0 spiro atoms. The number of para-hydroxylation sites is 1. The number of carbonyl (C=O) groups excluding carboxylic acids is 1. The van der Waals surface area contributed by atoms with Crippen LogP contribution in [0.2, 0.25) is 0 Å². The molecule has 1 aliphatic heterocycles. The van der Waals surface area contributed by atoms with Crippen molar-refractivity contribution < 1.29 is 14.5 Å². The number of hydrogen-bond donors (Lipinski definition) is 0. The first kappa shape index (κ1) is 19.6. The molecule has 146 valence electrons. The average molecular weight is 381 g/mol. The lowest BCUT2D eigenvalue weighted by Gasteiger charge is -2.29. The van der Waals surface area contributed by atoms with E-state index in [-0.39, 0.29) is 11.6 Å². The molecule has 0 N–H and O–H groups in total. The van der Waals surface area contributed by atoms with E-state index in [1.165, 1.54) is 18.2 Å². The number of likely N-dealkylation sites (N-methyl/N-ethyl adjacent to an activating group) is 1. The minimum atomic E-state index is -0.454. The van der Waals surface area contributed by atoms with E-state index in [1.807, 2.05) is 12.1 Å². The summed E-state index contributed by atoms with van der Waals surface area (Å²) in [6, 6.07) is 14.5. The van der Waals surface area contributed by atoms with Gasteiger partial charge in [-0.05, 0) is 29.8 Å². The van der Waals surface area contributed by atoms with Crippen molar-refractivity contribution in [1.82, 2.24) is 4.90 Å². The summed E-state index contributed by atoms with van der Waals surface area (Å²) in [5, 5.41) is 11.0. The topological polar surface area (TPSA) is 75.9 Å². The molecule has 0 radical (unpaired) electrons. The number of nitrogens with zero attached hydrogens (tertiary/aromatic N) is 3. The first-order valence-electron chi connectivity index (χ1n) is 9.13. The molecule has 1 saturated heterocycles. The highest BCUT2D eigenvalue weighted by Gasteiger charge is 2.13. The van der Waals surface area contributed by atoms with Crippen LogP contribution < -0.4 is 4.90 Å². The summed E-state index contributed by atoms with van der Waals surface area (Å²) in [6.45, 7) is 3.71. The molecular formula is C21H23N3O4. The first-order valence-corrected chi connectivity index (χ1v) is 9.13. The molecule has 1 amide bonds. The third kappa shape index (κ3) is 4.95. The predicted octanol–water partition coefficient (Wildman–Crippen LogP) is 3.10. The Balaban J connectivity index is 1.60. The van der Waals surface area contributed by atoms with Gasteiger partial charge >= 0.3 is 0 Å². The van der Waals surface area contributed by atoms with Gasteiger partial charge in [-0.25, -0.2) is 0 Å². The molecule has 7 heteroatoms. The maximum Gasteiger partial charge on any atom is 0.276 e. The third-order valence-electron chi connectivity index (χ3n) is 4.65. The molecule has 0 unspecified atom stereocenters. The molecule has 1 heterocycles. The number of nitro benzene ring substituents is 1. The highest BCUT2D eigenvalue weighted by molar-refractivity contribution is 5.92. The van der Waals surface area contributed by atoms with Gasteiger partial charge in [-0.15, -0.1) is 0 Å². The smallest absolute Gasteiger partial charge is 0.276 e. The van der Waals surface area contributed by atoms with Crippen molar-refractivity contribution in [3.63, 3.8) is 0 Å². The van der Waals surface area contributed by atoms with Crippen molar-refractivity contribution in [2.45, 2.75) is 6.54 Å². The number of nitro groups is 1. The molecule has 0 bridgehead atoms. The molecule has 0 saturated carbocycles. The molecule has 7 nitrogen and oxygen atoms in total. The predicted molar refractivity (Wildman–Crippen MR) is 108 cm³/mol. The summed E-state index contributed by atoms with van der Waals surface area (Å²) in [5.74, 6) is -0.213. The number of hydrogen-bond acceptors (Lipinski definition) is 5. The Morgan fingerprint density at radius 3 is 2.54 bits per heavy atom. The molecule has 0 atom stereocenters. The number of morpholine rings is 1. The maximum absolute atomic E-state index is 12.4. The van der Waals surface area contributed by atoms with Crippen LogP contribution in [0.5, 0.6) is 0 Å². The fourth-order valence-electron chi connectivity index (χ4n) is 3.07. The molecule has 2 aromatic rings. The average Bonchev–Trinajstić information content (AvgIpc) is 2.73. The van der Waals surface area contributed by atoms with Gasteiger partial charge in [-0.1, -0.05) is 24.3 Å². The minimum Gasteiger partial charge on any atom is -0.378 e. The van der Waals surface area contributed by atoms with Crippen LogP contribution in [-0.2, 0) is 16.1 Å². The number of anilines is 1. The van der Waals surface area contributed by atoms with E-state index in [1.54, 1.807) is 30.1 Å². The van der Waals surface area contributed by atoms with Gasteiger partial charge in [0, 0.05) is 44.5 Å². The lowest BCUT2D eigenvalue weighted by atomic mass is 10.1. The number of carbonyl (C=O) groups is 1. The Hall–Kier alpha value is -3.19. The van der Waals surface area contributed by atoms with Crippen molar-refractivity contribution in [2.24, 2.45) is 0 Å². The fourth-order valence-corrected chi connectivity index (χ4v) is 3.07. The van der Waals surface area contributed by atoms with E-state index in [0.717, 1.165) is 37.6 Å². The number of rotatable bonds is 6. The molecule has 2 aromatic carbocycles. The zero-order chi connectivity index (χ0) is 19.9. The van der Waals surface area contributed by atoms with Crippen LogP contribution in [0.15, 0.2) is 54.6 Å². The standard InChI is InChI=1S/C21H23N3O4/c1-22(21(25)11-8-18-4-2-3-5-20(18)24(26)27)16-17-6-9-19(10-7-17)23-12-14-28-15-13-23/h2-11H,12-16H2,1H3/b11-8+. The van der Waals surface area contributed by atoms with E-state index >= 15 is 0 Å². The first-order chi connectivity index (χ1) is 13.5. The summed E-state index contributed by atoms with van der Waals surface area (Å²) in [7, 11) is 1.71. The highest BCUT2D eigenvalue weighted by Crippen LogP contribution is 2.20. The highest BCUT2D eigenvalue weighted by atomic mass is 16.6. The monoisotopic (exact) mass is 381 g/mol. The Labute approximate surface area is 164 Å². The van der Waals surface area contributed by atoms with Crippen molar-refractivity contribution in [2.75, 3.05) is 38.3 Å². The fraction of sp³-hybridized carbons (Fsp3) is 0.286. The maximum atomic E-state index is 12.4. The molecular weight excluding hydrogens is 358 g/mol. The summed E-state index contributed by atoms with van der Waals surface area (Å²) in [5.41, 5.74) is 2.56. The van der Waals surface area contributed by atoms with E-state index in [2.05, 4.69) is 17.0 Å². The third-order valence-corrected chi connectivity index (χ3v) is 4.65. The molecule has 0 aromatic heterocycles. The Morgan fingerprint density at radius 2 is 1.86 bits per heavy atom. The van der Waals surface area contributed by atoms with E-state index < -0.39 is 4.92 Å². The lowest BCUT2D eigenvalue weighted by molar-refractivity contribution is -0.385. The van der Waals surface area contributed by atoms with Gasteiger partial charge in [-0.3, -0.25) is 14.9 Å². The summed E-state index contributed by atoms with van der Waals surface area (Å²) in [4.78, 5) is 26.8. The van der Waals surface area contributed by atoms with Gasteiger partial charge in [-0.2, -0.15) is 0 Å². The van der Waals surface area contributed by atoms with E-state index in [0.29, 0.717) is 12.1 Å². The SMILES string of the molecule is CN(Cc1ccc(N2CCOCC2)cc1)C(=O)/C=C/c1ccccc1[N+](=O)[O-]. The van der Waals surface area contributed by atoms with Gasteiger partial charge in [0.1, 0.15) is 0 Å². The second-order valence-electron chi connectivity index (χ2n) is 6.61. The van der Waals surface area contributed by atoms with Crippen molar-refractivity contribution in [3.8, 4) is 0 Å². The van der Waals surface area contributed by atoms with Crippen LogP contribution in [0.25, 0.3) is 6.08 Å². The van der Waals surface area contributed by atoms with Crippen molar-refractivity contribution in [1.29, 1.82) is 0 Å². The normalized spacial score (nSPS) is 14.2. The number of ether oxygens (including phenoxy) is 1. The summed E-state index contributed by atoms with van der Waals surface area (Å²) in [6.07, 6.45) is 2.85. The van der Waals surface area contributed by atoms with E-state index in [9.17, 15) is 14.9 Å². The van der Waals surface area contributed by atoms with Crippen LogP contribution in [0.3, 0.4) is 0 Å². The largest absolute Gasteiger partial charge is 0.378 e. The lowest BCUT2D eigenvalue weighted by Crippen LogP contribution is -2.36. The van der Waals surface area contributed by atoms with Gasteiger partial charge < -0.3 is 14.5 Å². The summed E-state index contributed by atoms with van der Waals surface area (Å²) < 4.78 is 5.37. The van der Waals surface area contributed by atoms with Crippen LogP contribution in [0.4, 0.5) is 11.4 Å². The van der Waals surface area contributed by atoms with E-state index in [4.69, 9.17) is 4.74 Å². The van der Waals surface area contributed by atoms with Crippen LogP contribution in [0.1, 0.15) is 11.1 Å². The molecule has 1 fully saturated rings. The van der Waals surface area contributed by atoms with Crippen molar-refractivity contribution >= 4 is 23.4 Å². The summed E-state index contributed by atoms with van der Waals surface area (Å²) >= 11 is 0. The number of benzene rings is 2. The molecule has 28 heavy (non-hydrogen) atoms. The number of amides is 1. The van der Waals surface area contributed by atoms with Gasteiger partial charge in [0.2, 0.25) is 5.91 Å². The second-order valence-corrected chi connectivity index (χ2v) is 6.61. The van der Waals surface area contributed by atoms with Gasteiger partial charge in [0.05, 0.1) is 23.7 Å². The van der Waals surface area contributed by atoms with Gasteiger partial charge in [0.25, 0.3) is 5.69 Å². The van der Waals surface area contributed by atoms with Crippen LogP contribution >= 0.6 is 0 Å². The van der Waals surface area contributed by atoms with Crippen molar-refractivity contribution in [3.05, 3.63) is 75.8 Å². The Bertz CT molecular complexity index is 858. The Morgan fingerprint density at radius 1 is 1.18 bits per heavy atom. The van der Waals surface area contributed by atoms with Crippen LogP contribution in [-0.4, -0.2) is 49.1 Å². The quantitative estimate of drug-likeness (QED) is 0.437. The van der Waals surface area contributed by atoms with Gasteiger partial charge in [0.15, 0.2) is 0 Å². The zero-order valence-electron chi connectivity index (χ0n) is 15.8. The Kier molecular flexibility index (Phi) is 6.39. The molecule has 0 aliphatic carbocycles. The minimum absolute atomic E-state index is 0.0205. The molecule has 3 rings (SSSR count).